The Bertz CT molecular complexity index is 1370. The van der Waals surface area contributed by atoms with Gasteiger partial charge in [0.05, 0.1) is 22.5 Å². The minimum Gasteiger partial charge on any atom is -0.350 e. The van der Waals surface area contributed by atoms with Gasteiger partial charge in [0.1, 0.15) is 6.54 Å². The third-order valence-corrected chi connectivity index (χ3v) is 6.36. The van der Waals surface area contributed by atoms with Gasteiger partial charge >= 0.3 is 0 Å². The molecule has 3 heterocycles. The van der Waals surface area contributed by atoms with Gasteiger partial charge in [0, 0.05) is 35.0 Å². The van der Waals surface area contributed by atoms with Crippen LogP contribution in [0.25, 0.3) is 16.7 Å². The van der Waals surface area contributed by atoms with Gasteiger partial charge in [0.25, 0.3) is 6.43 Å². The van der Waals surface area contributed by atoms with Gasteiger partial charge in [-0.1, -0.05) is 18.2 Å². The van der Waals surface area contributed by atoms with Crippen molar-refractivity contribution in [3.63, 3.8) is 0 Å². The fourth-order valence-electron chi connectivity index (χ4n) is 4.41. The summed E-state index contributed by atoms with van der Waals surface area (Å²) in [7, 11) is 0. The number of amides is 1. The van der Waals surface area contributed by atoms with Crippen LogP contribution in [0, 0.1) is 20.8 Å². The van der Waals surface area contributed by atoms with E-state index >= 15 is 0 Å². The van der Waals surface area contributed by atoms with E-state index in [-0.39, 0.29) is 23.9 Å². The second kappa shape index (κ2) is 8.62. The van der Waals surface area contributed by atoms with Gasteiger partial charge in [-0.15, -0.1) is 0 Å². The molecule has 7 nitrogen and oxygen atoms in total. The summed E-state index contributed by atoms with van der Waals surface area (Å²) in [4.78, 5) is 17.4. The van der Waals surface area contributed by atoms with Crippen molar-refractivity contribution in [2.45, 2.75) is 59.0 Å². The lowest BCUT2D eigenvalue weighted by atomic mass is 10.1. The fourth-order valence-corrected chi connectivity index (χ4v) is 4.41. The average Bonchev–Trinajstić information content (AvgIpc) is 3.57. The summed E-state index contributed by atoms with van der Waals surface area (Å²) in [5.74, 6) is -0.0561. The number of aryl methyl sites for hydroxylation is 2. The number of carbonyl (C=O) groups is 1. The van der Waals surface area contributed by atoms with Crippen LogP contribution in [0.15, 0.2) is 36.4 Å². The number of rotatable bonds is 7. The lowest BCUT2D eigenvalue weighted by molar-refractivity contribution is -0.121. The number of fused-ring (bicyclic) bond motifs is 1. The Kier molecular flexibility index (Phi) is 5.63. The summed E-state index contributed by atoms with van der Waals surface area (Å²) >= 11 is 0. The lowest BCUT2D eigenvalue weighted by Crippen LogP contribution is -2.28. The Hall–Kier alpha value is -3.62. The first-order valence-electron chi connectivity index (χ1n) is 11.4. The smallest absolute Gasteiger partial charge is 0.264 e. The van der Waals surface area contributed by atoms with Crippen molar-refractivity contribution >= 4 is 16.9 Å². The molecule has 0 saturated heterocycles. The first-order chi connectivity index (χ1) is 16.3. The molecule has 1 aliphatic carbocycles. The maximum absolute atomic E-state index is 13.8. The Balaban J connectivity index is 1.37. The number of carbonyl (C=O) groups excluding carboxylic acids is 1. The van der Waals surface area contributed by atoms with Gasteiger partial charge in [-0.25, -0.2) is 23.1 Å². The number of para-hydroxylation sites is 1. The van der Waals surface area contributed by atoms with Gasteiger partial charge < -0.3 is 5.32 Å². The van der Waals surface area contributed by atoms with E-state index in [0.717, 1.165) is 35.5 Å². The van der Waals surface area contributed by atoms with Crippen LogP contribution in [0.1, 0.15) is 59.1 Å². The molecule has 0 bridgehead atoms. The van der Waals surface area contributed by atoms with Crippen LogP contribution in [0.2, 0.25) is 0 Å². The molecule has 0 radical (unpaired) electrons. The fraction of sp³-hybridized carbons (Fsp3) is 0.360. The Labute approximate surface area is 195 Å². The van der Waals surface area contributed by atoms with Crippen molar-refractivity contribution in [2.75, 3.05) is 0 Å². The molecule has 1 amide bonds. The SMILES string of the molecule is Cc1nn(-c2ccccc2)c(C)c1CNC(=O)Cn1nc(C)c2c(C(F)F)cc(C3CC3)nc21. The van der Waals surface area contributed by atoms with E-state index in [0.29, 0.717) is 29.0 Å². The summed E-state index contributed by atoms with van der Waals surface area (Å²) in [6.45, 7) is 5.76. The van der Waals surface area contributed by atoms with Crippen molar-refractivity contribution < 1.29 is 13.6 Å². The molecule has 4 aromatic rings. The van der Waals surface area contributed by atoms with Gasteiger partial charge in [-0.05, 0) is 51.8 Å². The van der Waals surface area contributed by atoms with E-state index in [1.54, 1.807) is 6.92 Å². The van der Waals surface area contributed by atoms with Crippen LogP contribution in [0.4, 0.5) is 8.78 Å². The lowest BCUT2D eigenvalue weighted by Gasteiger charge is -2.09. The van der Waals surface area contributed by atoms with Crippen LogP contribution < -0.4 is 5.32 Å². The molecule has 5 rings (SSSR count). The van der Waals surface area contributed by atoms with E-state index in [2.05, 4.69) is 20.5 Å². The quantitative estimate of drug-likeness (QED) is 0.431. The molecule has 0 aliphatic heterocycles. The molecule has 0 spiro atoms. The van der Waals surface area contributed by atoms with Gasteiger partial charge in [0.15, 0.2) is 5.65 Å². The number of pyridine rings is 1. The van der Waals surface area contributed by atoms with Gasteiger partial charge in [-0.3, -0.25) is 4.79 Å². The van der Waals surface area contributed by atoms with Gasteiger partial charge in [-0.2, -0.15) is 10.2 Å². The topological polar surface area (TPSA) is 77.6 Å². The molecule has 0 unspecified atom stereocenters. The minimum absolute atomic E-state index is 0.0596. The minimum atomic E-state index is -2.62. The second-order valence-corrected chi connectivity index (χ2v) is 8.83. The van der Waals surface area contributed by atoms with Crippen molar-refractivity contribution in [1.82, 2.24) is 29.9 Å². The highest BCUT2D eigenvalue weighted by molar-refractivity contribution is 5.85. The maximum atomic E-state index is 13.8. The number of hydrogen-bond acceptors (Lipinski definition) is 4. The average molecular weight is 465 g/mol. The predicted molar refractivity (Wildman–Crippen MR) is 124 cm³/mol. The molecule has 1 aliphatic rings. The molecule has 9 heteroatoms. The van der Waals surface area contributed by atoms with E-state index in [1.165, 1.54) is 10.7 Å². The highest BCUT2D eigenvalue weighted by Crippen LogP contribution is 2.41. The Morgan fingerprint density at radius 1 is 1.12 bits per heavy atom. The monoisotopic (exact) mass is 464 g/mol. The molecule has 1 aromatic carbocycles. The summed E-state index contributed by atoms with van der Waals surface area (Å²) in [6.07, 6.45) is -0.728. The maximum Gasteiger partial charge on any atom is 0.264 e. The predicted octanol–water partition coefficient (Wildman–Crippen LogP) is 4.67. The molecular formula is C25H26F2N6O. The van der Waals surface area contributed by atoms with Crippen LogP contribution in [0.5, 0.6) is 0 Å². The van der Waals surface area contributed by atoms with Crippen molar-refractivity contribution in [3.05, 3.63) is 70.3 Å². The molecular weight excluding hydrogens is 438 g/mol. The number of benzene rings is 1. The molecule has 1 saturated carbocycles. The highest BCUT2D eigenvalue weighted by Gasteiger charge is 2.29. The number of nitrogens with one attached hydrogen (secondary N) is 1. The van der Waals surface area contributed by atoms with E-state index in [9.17, 15) is 13.6 Å². The van der Waals surface area contributed by atoms with Crippen LogP contribution in [-0.4, -0.2) is 30.5 Å². The zero-order valence-electron chi connectivity index (χ0n) is 19.3. The van der Waals surface area contributed by atoms with E-state index in [4.69, 9.17) is 0 Å². The van der Waals surface area contributed by atoms with E-state index in [1.807, 2.05) is 48.9 Å². The normalized spacial score (nSPS) is 13.7. The molecule has 1 N–H and O–H groups in total. The zero-order valence-corrected chi connectivity index (χ0v) is 19.3. The molecule has 176 valence electrons. The first kappa shape index (κ1) is 22.2. The number of alkyl halides is 2. The molecule has 3 aromatic heterocycles. The number of aromatic nitrogens is 5. The van der Waals surface area contributed by atoms with Crippen molar-refractivity contribution in [1.29, 1.82) is 0 Å². The highest BCUT2D eigenvalue weighted by atomic mass is 19.3. The summed E-state index contributed by atoms with van der Waals surface area (Å²) in [5, 5.41) is 12.2. The van der Waals surface area contributed by atoms with Crippen LogP contribution in [0.3, 0.4) is 0 Å². The van der Waals surface area contributed by atoms with Gasteiger partial charge in [0.2, 0.25) is 5.91 Å². The zero-order chi connectivity index (χ0) is 24.0. The van der Waals surface area contributed by atoms with Crippen molar-refractivity contribution in [3.8, 4) is 5.69 Å². The Morgan fingerprint density at radius 3 is 2.53 bits per heavy atom. The summed E-state index contributed by atoms with van der Waals surface area (Å²) in [5.41, 5.74) is 5.06. The summed E-state index contributed by atoms with van der Waals surface area (Å²) in [6, 6.07) is 11.3. The van der Waals surface area contributed by atoms with Crippen LogP contribution in [-0.2, 0) is 17.9 Å². The molecule has 1 fully saturated rings. The van der Waals surface area contributed by atoms with Crippen LogP contribution >= 0.6 is 0 Å². The second-order valence-electron chi connectivity index (χ2n) is 8.83. The Morgan fingerprint density at radius 2 is 1.85 bits per heavy atom. The molecule has 34 heavy (non-hydrogen) atoms. The first-order valence-corrected chi connectivity index (χ1v) is 11.4. The van der Waals surface area contributed by atoms with Crippen molar-refractivity contribution in [2.24, 2.45) is 0 Å². The standard InChI is InChI=1S/C25H26F2N6O/c1-14-20(16(3)33(31-14)18-7-5-4-6-8-18)12-28-22(34)13-32-25-23(15(2)30-32)19(24(26)27)11-21(29-25)17-9-10-17/h4-8,11,17,24H,9-10,12-13H2,1-3H3,(H,28,34). The summed E-state index contributed by atoms with van der Waals surface area (Å²) < 4.78 is 30.8. The third kappa shape index (κ3) is 4.06. The number of halogens is 2. The van der Waals surface area contributed by atoms with E-state index < -0.39 is 6.43 Å². The largest absolute Gasteiger partial charge is 0.350 e. The number of nitrogens with zero attached hydrogens (tertiary/aromatic N) is 5. The third-order valence-electron chi connectivity index (χ3n) is 6.36. The number of hydrogen-bond donors (Lipinski definition) is 1. The molecule has 0 atom stereocenters.